The zero-order valence-corrected chi connectivity index (χ0v) is 16.2. The molecule has 0 bridgehead atoms. The highest BCUT2D eigenvalue weighted by Crippen LogP contribution is 2.29. The molecule has 0 amide bonds. The average molecular weight is 397 g/mol. The minimum atomic E-state index is -3.85. The lowest BCUT2D eigenvalue weighted by Crippen LogP contribution is -2.12. The Bertz CT molecular complexity index is 900. The molecule has 1 N–H and O–H groups in total. The van der Waals surface area contributed by atoms with Crippen LogP contribution in [-0.2, 0) is 19.5 Å². The number of carbonyl (C=O) groups excluding carboxylic acids is 2. The zero-order chi connectivity index (χ0) is 19.3. The fourth-order valence-corrected chi connectivity index (χ4v) is 4.36. The molecule has 0 unspecified atom stereocenters. The summed E-state index contributed by atoms with van der Waals surface area (Å²) < 4.78 is 37.2. The van der Waals surface area contributed by atoms with Crippen LogP contribution >= 0.6 is 11.3 Å². The topological polar surface area (TPSA) is 98.8 Å². The highest BCUT2D eigenvalue weighted by atomic mass is 32.2. The monoisotopic (exact) mass is 397 g/mol. The Morgan fingerprint density at radius 3 is 2.19 bits per heavy atom. The van der Waals surface area contributed by atoms with Gasteiger partial charge in [-0.15, -0.1) is 11.3 Å². The van der Waals surface area contributed by atoms with E-state index >= 15 is 0 Å². The fraction of sp³-hybridized carbons (Fsp3) is 0.294. The van der Waals surface area contributed by atoms with Gasteiger partial charge in [0.05, 0.1) is 23.7 Å². The van der Waals surface area contributed by atoms with Crippen LogP contribution in [0.25, 0.3) is 0 Å². The standard InChI is InChI=1S/C17H19NO6S2/c1-4-23-16(19)12-6-8-13(9-7-12)26(21,22)18-14-10-11(3)15(25-14)17(20)24-5-2/h6-10,18H,4-5H2,1-3H3. The van der Waals surface area contributed by atoms with Gasteiger partial charge in [-0.25, -0.2) is 18.0 Å². The van der Waals surface area contributed by atoms with Gasteiger partial charge in [-0.05, 0) is 56.7 Å². The minimum Gasteiger partial charge on any atom is -0.462 e. The molecule has 0 spiro atoms. The van der Waals surface area contributed by atoms with E-state index in [1.54, 1.807) is 26.8 Å². The number of benzene rings is 1. The van der Waals surface area contributed by atoms with Gasteiger partial charge in [-0.1, -0.05) is 0 Å². The molecule has 0 aliphatic carbocycles. The second-order valence-corrected chi connectivity index (χ2v) is 7.93. The van der Waals surface area contributed by atoms with E-state index in [4.69, 9.17) is 9.47 Å². The molecule has 0 aliphatic rings. The first-order valence-electron chi connectivity index (χ1n) is 7.86. The van der Waals surface area contributed by atoms with Crippen molar-refractivity contribution in [3.8, 4) is 0 Å². The first-order valence-corrected chi connectivity index (χ1v) is 10.2. The van der Waals surface area contributed by atoms with Crippen molar-refractivity contribution in [3.05, 3.63) is 46.3 Å². The van der Waals surface area contributed by atoms with Crippen molar-refractivity contribution in [3.63, 3.8) is 0 Å². The van der Waals surface area contributed by atoms with Crippen LogP contribution in [0.2, 0.25) is 0 Å². The van der Waals surface area contributed by atoms with Gasteiger partial charge in [-0.2, -0.15) is 0 Å². The quantitative estimate of drug-likeness (QED) is 0.720. The molecular weight excluding hydrogens is 378 g/mol. The molecule has 0 atom stereocenters. The zero-order valence-electron chi connectivity index (χ0n) is 14.6. The van der Waals surface area contributed by atoms with Gasteiger partial charge < -0.3 is 9.47 Å². The number of nitrogens with one attached hydrogen (secondary N) is 1. The maximum Gasteiger partial charge on any atom is 0.348 e. The molecule has 1 aromatic heterocycles. The molecule has 0 aliphatic heterocycles. The average Bonchev–Trinajstić information content (AvgIpc) is 2.95. The Morgan fingerprint density at radius 1 is 1.04 bits per heavy atom. The molecular formula is C17H19NO6S2. The number of carbonyl (C=O) groups is 2. The second kappa shape index (κ2) is 8.33. The molecule has 9 heteroatoms. The van der Waals surface area contributed by atoms with Gasteiger partial charge in [-0.3, -0.25) is 4.72 Å². The highest BCUT2D eigenvalue weighted by molar-refractivity contribution is 7.93. The van der Waals surface area contributed by atoms with Crippen molar-refractivity contribution in [2.24, 2.45) is 0 Å². The molecule has 0 radical (unpaired) electrons. The Hall–Kier alpha value is -2.39. The second-order valence-electron chi connectivity index (χ2n) is 5.19. The summed E-state index contributed by atoms with van der Waals surface area (Å²) in [6, 6.07) is 6.98. The summed E-state index contributed by atoms with van der Waals surface area (Å²) >= 11 is 1.00. The number of rotatable bonds is 7. The smallest absolute Gasteiger partial charge is 0.348 e. The third kappa shape index (κ3) is 4.61. The van der Waals surface area contributed by atoms with Crippen LogP contribution in [0.1, 0.15) is 39.4 Å². The molecule has 2 rings (SSSR count). The van der Waals surface area contributed by atoms with E-state index in [1.165, 1.54) is 24.3 Å². The highest BCUT2D eigenvalue weighted by Gasteiger charge is 2.20. The van der Waals surface area contributed by atoms with Gasteiger partial charge >= 0.3 is 11.9 Å². The van der Waals surface area contributed by atoms with E-state index in [1.807, 2.05) is 0 Å². The third-order valence-electron chi connectivity index (χ3n) is 3.29. The number of sulfonamides is 1. The molecule has 26 heavy (non-hydrogen) atoms. The third-order valence-corrected chi connectivity index (χ3v) is 5.93. The summed E-state index contributed by atoms with van der Waals surface area (Å²) in [5.74, 6) is -1.00. The molecule has 1 heterocycles. The van der Waals surface area contributed by atoms with E-state index in [-0.39, 0.29) is 23.7 Å². The van der Waals surface area contributed by atoms with Crippen LogP contribution in [0.3, 0.4) is 0 Å². The van der Waals surface area contributed by atoms with Crippen LogP contribution in [0.15, 0.2) is 35.2 Å². The van der Waals surface area contributed by atoms with Gasteiger partial charge in [0.15, 0.2) is 0 Å². The van der Waals surface area contributed by atoms with E-state index < -0.39 is 22.0 Å². The SMILES string of the molecule is CCOC(=O)c1ccc(S(=O)(=O)Nc2cc(C)c(C(=O)OCC)s2)cc1. The van der Waals surface area contributed by atoms with E-state index in [0.29, 0.717) is 15.4 Å². The van der Waals surface area contributed by atoms with E-state index in [2.05, 4.69) is 4.72 Å². The lowest BCUT2D eigenvalue weighted by Gasteiger charge is -2.07. The summed E-state index contributed by atoms with van der Waals surface area (Å²) in [5.41, 5.74) is 0.895. The number of hydrogen-bond acceptors (Lipinski definition) is 7. The van der Waals surface area contributed by atoms with Crippen LogP contribution in [0.5, 0.6) is 0 Å². The Labute approximate surface area is 156 Å². The van der Waals surface area contributed by atoms with Gasteiger partial charge in [0, 0.05) is 0 Å². The van der Waals surface area contributed by atoms with Crippen LogP contribution in [0.4, 0.5) is 5.00 Å². The predicted molar refractivity (Wildman–Crippen MR) is 98.2 cm³/mol. The van der Waals surface area contributed by atoms with Crippen LogP contribution in [-0.4, -0.2) is 33.6 Å². The van der Waals surface area contributed by atoms with Crippen molar-refractivity contribution in [1.29, 1.82) is 0 Å². The lowest BCUT2D eigenvalue weighted by atomic mass is 10.2. The summed E-state index contributed by atoms with van der Waals surface area (Å²) in [6.45, 7) is 5.57. The number of esters is 2. The summed E-state index contributed by atoms with van der Waals surface area (Å²) in [4.78, 5) is 23.8. The van der Waals surface area contributed by atoms with Crippen LogP contribution in [0, 0.1) is 6.92 Å². The predicted octanol–water partition coefficient (Wildman–Crippen LogP) is 3.21. The Morgan fingerprint density at radius 2 is 1.62 bits per heavy atom. The maximum atomic E-state index is 12.5. The van der Waals surface area contributed by atoms with E-state index in [0.717, 1.165) is 11.3 Å². The molecule has 7 nitrogen and oxygen atoms in total. The molecule has 0 saturated heterocycles. The van der Waals surface area contributed by atoms with Crippen molar-refractivity contribution in [2.75, 3.05) is 17.9 Å². The van der Waals surface area contributed by atoms with E-state index in [9.17, 15) is 18.0 Å². The van der Waals surface area contributed by atoms with Crippen molar-refractivity contribution < 1.29 is 27.5 Å². The summed E-state index contributed by atoms with van der Waals surface area (Å²) in [7, 11) is -3.85. The van der Waals surface area contributed by atoms with Crippen molar-refractivity contribution in [2.45, 2.75) is 25.7 Å². The largest absolute Gasteiger partial charge is 0.462 e. The summed E-state index contributed by atoms with van der Waals surface area (Å²) in [5, 5.41) is 0.306. The number of aryl methyl sites for hydroxylation is 1. The van der Waals surface area contributed by atoms with Crippen molar-refractivity contribution >= 4 is 38.3 Å². The van der Waals surface area contributed by atoms with Gasteiger partial charge in [0.2, 0.25) is 0 Å². The molecule has 1 aromatic carbocycles. The molecule has 140 valence electrons. The Kier molecular flexibility index (Phi) is 6.38. The number of hydrogen-bond donors (Lipinski definition) is 1. The Balaban J connectivity index is 2.20. The normalized spacial score (nSPS) is 11.0. The minimum absolute atomic E-state index is 0.00529. The van der Waals surface area contributed by atoms with Gasteiger partial charge in [0.1, 0.15) is 9.88 Å². The first-order chi connectivity index (χ1) is 12.3. The fourth-order valence-electron chi connectivity index (χ4n) is 2.11. The summed E-state index contributed by atoms with van der Waals surface area (Å²) in [6.07, 6.45) is 0. The van der Waals surface area contributed by atoms with Crippen molar-refractivity contribution in [1.82, 2.24) is 0 Å². The lowest BCUT2D eigenvalue weighted by molar-refractivity contribution is 0.0518. The molecule has 0 fully saturated rings. The number of anilines is 1. The maximum absolute atomic E-state index is 12.5. The van der Waals surface area contributed by atoms with Crippen LogP contribution < -0.4 is 4.72 Å². The first kappa shape index (κ1) is 19.9. The number of thiophene rings is 1. The van der Waals surface area contributed by atoms with Gasteiger partial charge in [0.25, 0.3) is 10.0 Å². The molecule has 0 saturated carbocycles. The molecule has 2 aromatic rings. The number of ether oxygens (including phenoxy) is 2.